The summed E-state index contributed by atoms with van der Waals surface area (Å²) in [5.41, 5.74) is 5.71. The average molecular weight is 322 g/mol. The number of ether oxygens (including phenoxy) is 1. The van der Waals surface area contributed by atoms with Crippen LogP contribution in [0.5, 0.6) is 0 Å². The van der Waals surface area contributed by atoms with Crippen molar-refractivity contribution in [3.05, 3.63) is 9.63 Å². The van der Waals surface area contributed by atoms with Gasteiger partial charge in [0.05, 0.1) is 16.6 Å². The van der Waals surface area contributed by atoms with E-state index in [1.165, 1.54) is 0 Å². The van der Waals surface area contributed by atoms with E-state index in [9.17, 15) is 0 Å². The maximum Gasteiger partial charge on any atom is 0.226 e. The molecule has 0 amide bonds. The molecule has 0 bridgehead atoms. The van der Waals surface area contributed by atoms with E-state index in [1.807, 2.05) is 0 Å². The molecule has 2 rings (SSSR count). The summed E-state index contributed by atoms with van der Waals surface area (Å²) in [6, 6.07) is 0.219. The highest BCUT2D eigenvalue weighted by Crippen LogP contribution is 2.27. The zero-order chi connectivity index (χ0) is 12.4. The monoisotopic (exact) mass is 320 g/mol. The lowest BCUT2D eigenvalue weighted by molar-refractivity contribution is 0.104. The zero-order valence-electron chi connectivity index (χ0n) is 9.41. The molecule has 3 N–H and O–H groups in total. The second kappa shape index (κ2) is 5.37. The van der Waals surface area contributed by atoms with E-state index in [-0.39, 0.29) is 12.1 Å². The Bertz CT molecular complexity index is 394. The lowest BCUT2D eigenvalue weighted by Gasteiger charge is -2.18. The number of hydrogen-bond acceptors (Lipinski definition) is 5. The quantitative estimate of drug-likeness (QED) is 0.837. The maximum absolute atomic E-state index is 5.93. The molecular formula is C10H14BrClN4O. The first kappa shape index (κ1) is 12.9. The highest BCUT2D eigenvalue weighted by Gasteiger charge is 2.27. The molecule has 1 fully saturated rings. The Morgan fingerprint density at radius 1 is 1.59 bits per heavy atom. The van der Waals surface area contributed by atoms with Crippen molar-refractivity contribution in [2.24, 2.45) is 0 Å². The normalized spacial score (nSPS) is 23.9. The number of rotatable bonds is 3. The molecule has 2 heterocycles. The molecule has 1 saturated heterocycles. The number of halogens is 2. The van der Waals surface area contributed by atoms with E-state index in [0.29, 0.717) is 21.4 Å². The molecule has 0 aromatic carbocycles. The summed E-state index contributed by atoms with van der Waals surface area (Å²) in [4.78, 5) is 8.26. The van der Waals surface area contributed by atoms with Crippen LogP contribution in [0.4, 0.5) is 11.8 Å². The molecule has 1 aromatic heterocycles. The van der Waals surface area contributed by atoms with Gasteiger partial charge in [-0.2, -0.15) is 9.97 Å². The highest BCUT2D eigenvalue weighted by molar-refractivity contribution is 9.10. The van der Waals surface area contributed by atoms with E-state index < -0.39 is 0 Å². The van der Waals surface area contributed by atoms with Gasteiger partial charge >= 0.3 is 0 Å². The first-order valence-corrected chi connectivity index (χ1v) is 6.65. The lowest BCUT2D eigenvalue weighted by Crippen LogP contribution is -2.29. The molecule has 17 heavy (non-hydrogen) atoms. The number of nitrogens with zero attached hydrogens (tertiary/aromatic N) is 2. The number of anilines is 2. The fourth-order valence-electron chi connectivity index (χ4n) is 1.88. The topological polar surface area (TPSA) is 73.1 Å². The van der Waals surface area contributed by atoms with Gasteiger partial charge < -0.3 is 15.8 Å². The molecule has 1 aliphatic rings. The van der Waals surface area contributed by atoms with Crippen molar-refractivity contribution in [3.63, 3.8) is 0 Å². The molecule has 0 radical (unpaired) electrons. The molecule has 7 heteroatoms. The minimum absolute atomic E-state index is 0.197. The summed E-state index contributed by atoms with van der Waals surface area (Å²) in [6.45, 7) is 2.85. The summed E-state index contributed by atoms with van der Waals surface area (Å²) in [5, 5.41) is 3.53. The molecular weight excluding hydrogens is 307 g/mol. The van der Waals surface area contributed by atoms with Crippen molar-refractivity contribution in [1.82, 2.24) is 9.97 Å². The maximum atomic E-state index is 5.93. The van der Waals surface area contributed by atoms with Crippen molar-refractivity contribution >= 4 is 39.3 Å². The van der Waals surface area contributed by atoms with Gasteiger partial charge in [0.15, 0.2) is 5.15 Å². The summed E-state index contributed by atoms with van der Waals surface area (Å²) < 4.78 is 6.11. The van der Waals surface area contributed by atoms with E-state index in [0.717, 1.165) is 19.4 Å². The third kappa shape index (κ3) is 2.81. The van der Waals surface area contributed by atoms with Crippen LogP contribution >= 0.6 is 27.5 Å². The van der Waals surface area contributed by atoms with Gasteiger partial charge in [-0.25, -0.2) is 0 Å². The molecule has 2 atom stereocenters. The van der Waals surface area contributed by atoms with Crippen LogP contribution in [0.3, 0.4) is 0 Å². The minimum Gasteiger partial charge on any atom is -0.383 e. The second-order valence-electron chi connectivity index (χ2n) is 3.89. The smallest absolute Gasteiger partial charge is 0.226 e. The Hall–Kier alpha value is -0.590. The lowest BCUT2D eigenvalue weighted by atomic mass is 10.1. The Balaban J connectivity index is 2.13. The SMILES string of the molecule is CC[C@@H]1OCC[C@H]1Nc1nc(N)c(Br)c(Cl)n1. The van der Waals surface area contributed by atoms with Crippen LogP contribution in [0.2, 0.25) is 5.15 Å². The zero-order valence-corrected chi connectivity index (χ0v) is 11.8. The molecule has 0 unspecified atom stereocenters. The minimum atomic E-state index is 0.197. The number of nitrogens with two attached hydrogens (primary N) is 1. The summed E-state index contributed by atoms with van der Waals surface area (Å²) in [6.07, 6.45) is 2.09. The summed E-state index contributed by atoms with van der Waals surface area (Å²) >= 11 is 9.14. The Labute approximate surface area is 113 Å². The van der Waals surface area contributed by atoms with Gasteiger partial charge in [-0.15, -0.1) is 0 Å². The van der Waals surface area contributed by atoms with Gasteiger partial charge in [0.25, 0.3) is 0 Å². The van der Waals surface area contributed by atoms with Gasteiger partial charge in [0.2, 0.25) is 5.95 Å². The summed E-state index contributed by atoms with van der Waals surface area (Å²) in [5.74, 6) is 0.782. The number of aromatic nitrogens is 2. The van der Waals surface area contributed by atoms with Crippen LogP contribution in [-0.2, 0) is 4.74 Å². The van der Waals surface area contributed by atoms with Crippen LogP contribution in [0.25, 0.3) is 0 Å². The van der Waals surface area contributed by atoms with Crippen LogP contribution in [0.1, 0.15) is 19.8 Å². The first-order valence-electron chi connectivity index (χ1n) is 5.48. The van der Waals surface area contributed by atoms with Crippen LogP contribution in [0.15, 0.2) is 4.47 Å². The largest absolute Gasteiger partial charge is 0.383 e. The molecule has 94 valence electrons. The number of hydrogen-bond donors (Lipinski definition) is 2. The van der Waals surface area contributed by atoms with E-state index >= 15 is 0 Å². The molecule has 0 saturated carbocycles. The highest BCUT2D eigenvalue weighted by atomic mass is 79.9. The van der Waals surface area contributed by atoms with Gasteiger partial charge in [-0.05, 0) is 28.8 Å². The van der Waals surface area contributed by atoms with Gasteiger partial charge in [-0.3, -0.25) is 0 Å². The van der Waals surface area contributed by atoms with Gasteiger partial charge in [0, 0.05) is 6.61 Å². The van der Waals surface area contributed by atoms with Crippen LogP contribution in [0, 0.1) is 0 Å². The summed E-state index contributed by atoms with van der Waals surface area (Å²) in [7, 11) is 0. The fourth-order valence-corrected chi connectivity index (χ4v) is 2.24. The Kier molecular flexibility index (Phi) is 4.06. The third-order valence-corrected chi connectivity index (χ3v) is 4.05. The number of nitrogens with one attached hydrogen (secondary N) is 1. The first-order chi connectivity index (χ1) is 8.11. The van der Waals surface area contributed by atoms with Gasteiger partial charge in [-0.1, -0.05) is 18.5 Å². The molecule has 1 aliphatic heterocycles. The molecule has 0 spiro atoms. The van der Waals surface area contributed by atoms with Crippen molar-refractivity contribution in [2.75, 3.05) is 17.7 Å². The van der Waals surface area contributed by atoms with E-state index in [4.69, 9.17) is 22.1 Å². The average Bonchev–Trinajstić information content (AvgIpc) is 2.73. The second-order valence-corrected chi connectivity index (χ2v) is 5.05. The van der Waals surface area contributed by atoms with Crippen molar-refractivity contribution in [3.8, 4) is 0 Å². The number of nitrogen functional groups attached to an aromatic ring is 1. The standard InChI is InChI=1S/C10H14BrClN4O/c1-2-6-5(3-4-17-6)14-10-15-8(12)7(11)9(13)16-10/h5-6H,2-4H2,1H3,(H3,13,14,15,16)/t5-,6+/m1/s1. The Morgan fingerprint density at radius 3 is 3.00 bits per heavy atom. The fraction of sp³-hybridized carbons (Fsp3) is 0.600. The third-order valence-electron chi connectivity index (χ3n) is 2.76. The predicted octanol–water partition coefficient (Wildman–Crippen LogP) is 2.45. The predicted molar refractivity (Wildman–Crippen MR) is 71.2 cm³/mol. The van der Waals surface area contributed by atoms with Gasteiger partial charge in [0.1, 0.15) is 5.82 Å². The molecule has 5 nitrogen and oxygen atoms in total. The van der Waals surface area contributed by atoms with E-state index in [1.54, 1.807) is 0 Å². The molecule has 0 aliphatic carbocycles. The Morgan fingerprint density at radius 2 is 2.35 bits per heavy atom. The van der Waals surface area contributed by atoms with Crippen molar-refractivity contribution in [2.45, 2.75) is 31.9 Å². The molecule has 1 aromatic rings. The van der Waals surface area contributed by atoms with Crippen molar-refractivity contribution < 1.29 is 4.74 Å². The van der Waals surface area contributed by atoms with Crippen LogP contribution in [-0.4, -0.2) is 28.7 Å². The van der Waals surface area contributed by atoms with Crippen molar-refractivity contribution in [1.29, 1.82) is 0 Å². The van der Waals surface area contributed by atoms with Crippen LogP contribution < -0.4 is 11.1 Å². The van der Waals surface area contributed by atoms with E-state index in [2.05, 4.69) is 38.1 Å².